The molecule has 0 radical (unpaired) electrons. The Morgan fingerprint density at radius 2 is 0.967 bits per heavy atom. The molecule has 60 heavy (non-hydrogen) atoms. The van der Waals surface area contributed by atoms with E-state index in [4.69, 9.17) is 4.42 Å². The van der Waals surface area contributed by atoms with E-state index in [9.17, 15) is 0 Å². The van der Waals surface area contributed by atoms with E-state index in [2.05, 4.69) is 223 Å². The quantitative estimate of drug-likeness (QED) is 0.153. The first kappa shape index (κ1) is 35.5. The fourth-order valence-electron chi connectivity index (χ4n) is 8.87. The van der Waals surface area contributed by atoms with Gasteiger partial charge >= 0.3 is 0 Å². The van der Waals surface area contributed by atoms with Gasteiger partial charge in [-0.3, -0.25) is 0 Å². The van der Waals surface area contributed by atoms with Crippen molar-refractivity contribution in [2.45, 2.75) is 12.3 Å². The Balaban J connectivity index is 0.924. The van der Waals surface area contributed by atoms with Crippen molar-refractivity contribution in [3.8, 4) is 44.5 Å². The minimum absolute atomic E-state index is 0.312. The van der Waals surface area contributed by atoms with Gasteiger partial charge in [-0.1, -0.05) is 182 Å². The Labute approximate surface area is 350 Å². The van der Waals surface area contributed by atoms with Gasteiger partial charge in [0, 0.05) is 33.8 Å². The molecule has 10 aromatic rings. The van der Waals surface area contributed by atoms with Gasteiger partial charge in [0.05, 0.1) is 0 Å². The van der Waals surface area contributed by atoms with Crippen molar-refractivity contribution in [1.29, 1.82) is 0 Å². The highest BCUT2D eigenvalue weighted by molar-refractivity contribution is 6.19. The fourth-order valence-corrected chi connectivity index (χ4v) is 8.87. The van der Waals surface area contributed by atoms with E-state index in [0.29, 0.717) is 5.92 Å². The van der Waals surface area contributed by atoms with Gasteiger partial charge in [-0.05, 0) is 116 Å². The monoisotopic (exact) mass is 767 g/mol. The second-order valence-electron chi connectivity index (χ2n) is 15.7. The van der Waals surface area contributed by atoms with Crippen molar-refractivity contribution >= 4 is 44.1 Å². The van der Waals surface area contributed by atoms with Crippen LogP contribution >= 0.6 is 0 Å². The minimum atomic E-state index is 0.312. The first-order valence-electron chi connectivity index (χ1n) is 20.8. The Bertz CT molecular complexity index is 3190. The van der Waals surface area contributed by atoms with Crippen LogP contribution in [0.5, 0.6) is 0 Å². The standard InChI is InChI=1S/C58H41NO/c1-3-10-40(11-4-1)42-18-20-44(21-19-42)45-26-32-51(33-27-45)59(53-15-9-14-48(39-53)46-24-22-43(23-25-46)41-12-5-2-6-13-41)52-34-28-47(29-35-52)49-30-36-54-50(38-49)31-37-57-58(54)55-16-7-8-17-56(55)60-57/h1-26,28-39,45H,27H2. The van der Waals surface area contributed by atoms with Gasteiger partial charge in [-0.15, -0.1) is 0 Å². The van der Waals surface area contributed by atoms with E-state index < -0.39 is 0 Å². The number of nitrogens with zero attached hydrogens (tertiary/aromatic N) is 1. The largest absolute Gasteiger partial charge is 0.456 e. The lowest BCUT2D eigenvalue weighted by molar-refractivity contribution is 0.669. The zero-order valence-corrected chi connectivity index (χ0v) is 33.1. The van der Waals surface area contributed by atoms with Crippen LogP contribution < -0.4 is 4.90 Å². The molecule has 2 heteroatoms. The molecule has 9 aromatic carbocycles. The number of benzene rings is 9. The van der Waals surface area contributed by atoms with Crippen molar-refractivity contribution in [2.75, 3.05) is 4.90 Å². The minimum Gasteiger partial charge on any atom is -0.456 e. The summed E-state index contributed by atoms with van der Waals surface area (Å²) in [5, 5.41) is 4.74. The zero-order chi connectivity index (χ0) is 39.8. The summed E-state index contributed by atoms with van der Waals surface area (Å²) in [7, 11) is 0. The van der Waals surface area contributed by atoms with E-state index in [-0.39, 0.29) is 0 Å². The molecule has 0 fully saturated rings. The van der Waals surface area contributed by atoms with Crippen molar-refractivity contribution in [3.63, 3.8) is 0 Å². The van der Waals surface area contributed by atoms with Gasteiger partial charge in [-0.2, -0.15) is 0 Å². The predicted octanol–water partition coefficient (Wildman–Crippen LogP) is 16.2. The zero-order valence-electron chi connectivity index (χ0n) is 33.1. The summed E-state index contributed by atoms with van der Waals surface area (Å²) in [5.41, 5.74) is 16.2. The smallest absolute Gasteiger partial charge is 0.136 e. The first-order valence-corrected chi connectivity index (χ1v) is 20.8. The lowest BCUT2D eigenvalue weighted by atomic mass is 9.90. The fraction of sp³-hybridized carbons (Fsp3) is 0.0345. The number of anilines is 2. The second kappa shape index (κ2) is 15.2. The number of para-hydroxylation sites is 1. The molecule has 0 bridgehead atoms. The van der Waals surface area contributed by atoms with E-state index in [1.165, 1.54) is 71.9 Å². The number of hydrogen-bond acceptors (Lipinski definition) is 2. The predicted molar refractivity (Wildman–Crippen MR) is 253 cm³/mol. The lowest BCUT2D eigenvalue weighted by Gasteiger charge is -2.29. The highest BCUT2D eigenvalue weighted by Gasteiger charge is 2.20. The lowest BCUT2D eigenvalue weighted by Crippen LogP contribution is -2.17. The highest BCUT2D eigenvalue weighted by Crippen LogP contribution is 2.40. The van der Waals surface area contributed by atoms with Crippen molar-refractivity contribution in [2.24, 2.45) is 0 Å². The molecular weight excluding hydrogens is 727 g/mol. The van der Waals surface area contributed by atoms with Crippen molar-refractivity contribution in [3.05, 3.63) is 242 Å². The molecule has 1 aliphatic carbocycles. The van der Waals surface area contributed by atoms with E-state index in [1.807, 2.05) is 12.1 Å². The van der Waals surface area contributed by atoms with Crippen LogP contribution in [-0.4, -0.2) is 0 Å². The van der Waals surface area contributed by atoms with E-state index in [0.717, 1.165) is 34.3 Å². The summed E-state index contributed by atoms with van der Waals surface area (Å²) in [4.78, 5) is 2.40. The van der Waals surface area contributed by atoms with Crippen LogP contribution in [0.4, 0.5) is 11.4 Å². The van der Waals surface area contributed by atoms with Gasteiger partial charge in [-0.25, -0.2) is 0 Å². The molecule has 1 atom stereocenters. The topological polar surface area (TPSA) is 16.4 Å². The van der Waals surface area contributed by atoms with Gasteiger partial charge in [0.25, 0.3) is 0 Å². The number of allylic oxidation sites excluding steroid dienone is 3. The molecular formula is C58H41NO. The number of furan rings is 1. The average Bonchev–Trinajstić information content (AvgIpc) is 3.72. The Kier molecular flexibility index (Phi) is 9.02. The molecule has 1 aliphatic rings. The van der Waals surface area contributed by atoms with Crippen molar-refractivity contribution < 1.29 is 4.42 Å². The maximum atomic E-state index is 6.19. The maximum Gasteiger partial charge on any atom is 0.136 e. The summed E-state index contributed by atoms with van der Waals surface area (Å²) in [5.74, 6) is 0.312. The first-order chi connectivity index (χ1) is 29.7. The van der Waals surface area contributed by atoms with Gasteiger partial charge < -0.3 is 9.32 Å². The van der Waals surface area contributed by atoms with Gasteiger partial charge in [0.1, 0.15) is 11.2 Å². The molecule has 1 aromatic heterocycles. The SMILES string of the molecule is C1=CC(c2ccc(-c3ccccc3)cc2)CC=C1N(c1ccc(-c2ccc3c(ccc4oc5ccccc5c43)c2)cc1)c1cccc(-c2ccc(-c3ccccc3)cc2)c1. The maximum absolute atomic E-state index is 6.19. The molecule has 1 unspecified atom stereocenters. The summed E-state index contributed by atoms with van der Waals surface area (Å²) in [6.45, 7) is 0. The molecule has 0 aliphatic heterocycles. The molecule has 11 rings (SSSR count). The van der Waals surface area contributed by atoms with E-state index in [1.54, 1.807) is 0 Å². The van der Waals surface area contributed by atoms with Crippen LogP contribution in [0, 0.1) is 0 Å². The highest BCUT2D eigenvalue weighted by atomic mass is 16.3. The third kappa shape index (κ3) is 6.68. The van der Waals surface area contributed by atoms with Crippen LogP contribution in [-0.2, 0) is 0 Å². The summed E-state index contributed by atoms with van der Waals surface area (Å²) < 4.78 is 6.19. The summed E-state index contributed by atoms with van der Waals surface area (Å²) >= 11 is 0. The molecule has 0 saturated carbocycles. The normalized spacial score (nSPS) is 13.8. The van der Waals surface area contributed by atoms with Crippen LogP contribution in [0.15, 0.2) is 241 Å². The third-order valence-electron chi connectivity index (χ3n) is 12.0. The van der Waals surface area contributed by atoms with Crippen molar-refractivity contribution in [1.82, 2.24) is 0 Å². The van der Waals surface area contributed by atoms with Gasteiger partial charge in [0.2, 0.25) is 0 Å². The molecule has 0 N–H and O–H groups in total. The van der Waals surface area contributed by atoms with Crippen LogP contribution in [0.2, 0.25) is 0 Å². The summed E-state index contributed by atoms with van der Waals surface area (Å²) in [6.07, 6.45) is 7.99. The van der Waals surface area contributed by atoms with Crippen LogP contribution in [0.25, 0.3) is 77.2 Å². The van der Waals surface area contributed by atoms with Crippen LogP contribution in [0.1, 0.15) is 17.9 Å². The molecule has 0 saturated heterocycles. The number of hydrogen-bond donors (Lipinski definition) is 0. The van der Waals surface area contributed by atoms with E-state index >= 15 is 0 Å². The Morgan fingerprint density at radius 3 is 1.65 bits per heavy atom. The number of fused-ring (bicyclic) bond motifs is 5. The van der Waals surface area contributed by atoms with Gasteiger partial charge in [0.15, 0.2) is 0 Å². The number of rotatable bonds is 8. The average molecular weight is 768 g/mol. The molecule has 1 heterocycles. The molecule has 0 amide bonds. The second-order valence-corrected chi connectivity index (χ2v) is 15.7. The Morgan fingerprint density at radius 1 is 0.400 bits per heavy atom. The third-order valence-corrected chi connectivity index (χ3v) is 12.0. The molecule has 284 valence electrons. The summed E-state index contributed by atoms with van der Waals surface area (Å²) in [6, 6.07) is 76.5. The Hall–Kier alpha value is -7.68. The molecule has 0 spiro atoms. The van der Waals surface area contributed by atoms with Crippen LogP contribution in [0.3, 0.4) is 0 Å². The molecule has 2 nitrogen and oxygen atoms in total.